The van der Waals surface area contributed by atoms with Crippen LogP contribution in [0.2, 0.25) is 5.02 Å². The van der Waals surface area contributed by atoms with Crippen molar-refractivity contribution in [2.24, 2.45) is 0 Å². The number of halogens is 1. The van der Waals surface area contributed by atoms with Crippen molar-refractivity contribution in [3.8, 4) is 0 Å². The number of rotatable bonds is 4. The summed E-state index contributed by atoms with van der Waals surface area (Å²) in [7, 11) is 0. The van der Waals surface area contributed by atoms with Gasteiger partial charge in [0.2, 0.25) is 0 Å². The minimum absolute atomic E-state index is 0.0443. The van der Waals surface area contributed by atoms with Gasteiger partial charge in [0.15, 0.2) is 4.96 Å². The molecule has 108 valence electrons. The van der Waals surface area contributed by atoms with E-state index in [4.69, 9.17) is 11.6 Å². The molecule has 4 nitrogen and oxygen atoms in total. The molecule has 3 rings (SSSR count). The zero-order valence-corrected chi connectivity index (χ0v) is 13.0. The largest absolute Gasteiger partial charge is 0.305 e. The predicted molar refractivity (Wildman–Crippen MR) is 86.0 cm³/mol. The summed E-state index contributed by atoms with van der Waals surface area (Å²) < 4.78 is 1.55. The maximum atomic E-state index is 11.9. The monoisotopic (exact) mass is 319 g/mol. The van der Waals surface area contributed by atoms with Gasteiger partial charge in [-0.2, -0.15) is 0 Å². The van der Waals surface area contributed by atoms with Gasteiger partial charge in [0.1, 0.15) is 0 Å². The lowest BCUT2D eigenvalue weighted by Gasteiger charge is -2.14. The van der Waals surface area contributed by atoms with Crippen molar-refractivity contribution in [3.63, 3.8) is 0 Å². The number of hydrogen-bond donors (Lipinski definition) is 1. The van der Waals surface area contributed by atoms with Gasteiger partial charge in [0.25, 0.3) is 5.56 Å². The topological polar surface area (TPSA) is 46.4 Å². The Morgan fingerprint density at radius 1 is 1.38 bits per heavy atom. The smallest absolute Gasteiger partial charge is 0.258 e. The fourth-order valence-electron chi connectivity index (χ4n) is 2.11. The Morgan fingerprint density at radius 3 is 2.90 bits per heavy atom. The lowest BCUT2D eigenvalue weighted by Crippen LogP contribution is -2.21. The summed E-state index contributed by atoms with van der Waals surface area (Å²) in [4.78, 5) is 17.1. The fourth-order valence-corrected chi connectivity index (χ4v) is 2.97. The highest BCUT2D eigenvalue weighted by Crippen LogP contribution is 2.16. The molecule has 0 unspecified atom stereocenters. The molecule has 21 heavy (non-hydrogen) atoms. The van der Waals surface area contributed by atoms with Crippen LogP contribution in [0.15, 0.2) is 46.7 Å². The quantitative estimate of drug-likeness (QED) is 0.803. The highest BCUT2D eigenvalue weighted by molar-refractivity contribution is 7.15. The molecule has 0 aliphatic rings. The maximum absolute atomic E-state index is 11.9. The van der Waals surface area contributed by atoms with Gasteiger partial charge < -0.3 is 5.32 Å². The van der Waals surface area contributed by atoms with Crippen LogP contribution in [-0.4, -0.2) is 9.38 Å². The third kappa shape index (κ3) is 3.15. The minimum Gasteiger partial charge on any atom is -0.305 e. The number of nitrogens with one attached hydrogen (secondary N) is 1. The van der Waals surface area contributed by atoms with Gasteiger partial charge >= 0.3 is 0 Å². The molecule has 0 bridgehead atoms. The van der Waals surface area contributed by atoms with E-state index in [0.717, 1.165) is 21.2 Å². The predicted octanol–water partition coefficient (Wildman–Crippen LogP) is 3.26. The highest BCUT2D eigenvalue weighted by Gasteiger charge is 2.07. The van der Waals surface area contributed by atoms with Gasteiger partial charge in [-0.1, -0.05) is 23.7 Å². The summed E-state index contributed by atoms with van der Waals surface area (Å²) in [5.74, 6) is 0. The van der Waals surface area contributed by atoms with E-state index in [1.165, 1.54) is 11.3 Å². The number of benzene rings is 1. The standard InChI is InChI=1S/C15H14ClN3OS/c1-10(11-2-4-12(16)5-3-11)17-9-13-8-14(20)19-6-7-21-15(19)18-13/h2-8,10,17H,9H2,1H3/t10-/m1/s1. The lowest BCUT2D eigenvalue weighted by atomic mass is 10.1. The zero-order valence-electron chi connectivity index (χ0n) is 11.4. The molecule has 1 atom stereocenters. The lowest BCUT2D eigenvalue weighted by molar-refractivity contribution is 0.567. The van der Waals surface area contributed by atoms with Gasteiger partial charge in [-0.25, -0.2) is 4.98 Å². The van der Waals surface area contributed by atoms with Crippen LogP contribution in [0.4, 0.5) is 0 Å². The third-order valence-corrected chi connectivity index (χ3v) is 4.32. The molecule has 3 aromatic rings. The Labute approximate surface area is 131 Å². The third-order valence-electron chi connectivity index (χ3n) is 3.32. The summed E-state index contributed by atoms with van der Waals surface area (Å²) in [6.07, 6.45) is 1.74. The summed E-state index contributed by atoms with van der Waals surface area (Å²) in [5, 5.41) is 5.95. The summed E-state index contributed by atoms with van der Waals surface area (Å²) in [6.45, 7) is 2.62. The van der Waals surface area contributed by atoms with Crippen LogP contribution in [0.5, 0.6) is 0 Å². The highest BCUT2D eigenvalue weighted by atomic mass is 35.5. The van der Waals surface area contributed by atoms with Crippen molar-refractivity contribution < 1.29 is 0 Å². The average molecular weight is 320 g/mol. The molecule has 0 amide bonds. The molecule has 0 radical (unpaired) electrons. The number of hydrogen-bond acceptors (Lipinski definition) is 4. The first kappa shape index (κ1) is 14.3. The fraction of sp³-hybridized carbons (Fsp3) is 0.200. The molecular weight excluding hydrogens is 306 g/mol. The Kier molecular flexibility index (Phi) is 4.05. The number of fused-ring (bicyclic) bond motifs is 1. The van der Waals surface area contributed by atoms with Crippen LogP contribution >= 0.6 is 22.9 Å². The molecule has 0 spiro atoms. The number of thiazole rings is 1. The molecule has 2 heterocycles. The van der Waals surface area contributed by atoms with Crippen molar-refractivity contribution in [3.05, 3.63) is 68.5 Å². The molecule has 1 N–H and O–H groups in total. The molecule has 6 heteroatoms. The SMILES string of the molecule is C[C@@H](NCc1cc(=O)n2ccsc2n1)c1ccc(Cl)cc1. The first-order valence-electron chi connectivity index (χ1n) is 6.58. The zero-order chi connectivity index (χ0) is 14.8. The van der Waals surface area contributed by atoms with E-state index in [0.29, 0.717) is 6.54 Å². The van der Waals surface area contributed by atoms with Crippen molar-refractivity contribution in [1.82, 2.24) is 14.7 Å². The Balaban J connectivity index is 1.73. The Bertz CT molecular complexity index is 810. The van der Waals surface area contributed by atoms with Crippen molar-refractivity contribution in [2.75, 3.05) is 0 Å². The molecule has 0 fully saturated rings. The summed E-state index contributed by atoms with van der Waals surface area (Å²) in [6, 6.07) is 9.46. The Morgan fingerprint density at radius 2 is 2.14 bits per heavy atom. The van der Waals surface area contributed by atoms with Crippen LogP contribution in [0.3, 0.4) is 0 Å². The van der Waals surface area contributed by atoms with Crippen molar-refractivity contribution in [2.45, 2.75) is 19.5 Å². The molecule has 0 aliphatic heterocycles. The summed E-state index contributed by atoms with van der Waals surface area (Å²) >= 11 is 7.34. The van der Waals surface area contributed by atoms with E-state index in [1.54, 1.807) is 16.7 Å². The van der Waals surface area contributed by atoms with Crippen LogP contribution in [0, 0.1) is 0 Å². The molecule has 2 aromatic heterocycles. The van der Waals surface area contributed by atoms with Crippen molar-refractivity contribution >= 4 is 27.9 Å². The van der Waals surface area contributed by atoms with E-state index >= 15 is 0 Å². The van der Waals surface area contributed by atoms with E-state index in [-0.39, 0.29) is 11.6 Å². The van der Waals surface area contributed by atoms with Crippen LogP contribution in [0.25, 0.3) is 4.96 Å². The van der Waals surface area contributed by atoms with Gasteiger partial charge in [0.05, 0.1) is 5.69 Å². The van der Waals surface area contributed by atoms with E-state index in [9.17, 15) is 4.79 Å². The normalized spacial score (nSPS) is 12.7. The molecule has 0 aliphatic carbocycles. The molecule has 1 aromatic carbocycles. The van der Waals surface area contributed by atoms with Gasteiger partial charge in [-0.15, -0.1) is 11.3 Å². The minimum atomic E-state index is -0.0443. The second-order valence-electron chi connectivity index (χ2n) is 4.80. The van der Waals surface area contributed by atoms with E-state index in [1.807, 2.05) is 29.6 Å². The van der Waals surface area contributed by atoms with E-state index < -0.39 is 0 Å². The van der Waals surface area contributed by atoms with Crippen LogP contribution < -0.4 is 10.9 Å². The number of nitrogens with zero attached hydrogens (tertiary/aromatic N) is 2. The van der Waals surface area contributed by atoms with Gasteiger partial charge in [-0.3, -0.25) is 9.20 Å². The van der Waals surface area contributed by atoms with E-state index in [2.05, 4.69) is 17.2 Å². The number of aromatic nitrogens is 2. The Hall–Kier alpha value is -1.69. The second kappa shape index (κ2) is 5.97. The van der Waals surface area contributed by atoms with Crippen molar-refractivity contribution in [1.29, 1.82) is 0 Å². The van der Waals surface area contributed by atoms with Crippen LogP contribution in [-0.2, 0) is 6.54 Å². The maximum Gasteiger partial charge on any atom is 0.258 e. The second-order valence-corrected chi connectivity index (χ2v) is 6.10. The molecular formula is C15H14ClN3OS. The van der Waals surface area contributed by atoms with Crippen LogP contribution in [0.1, 0.15) is 24.2 Å². The first-order valence-corrected chi connectivity index (χ1v) is 7.84. The average Bonchev–Trinajstić information content (AvgIpc) is 2.94. The molecule has 0 saturated heterocycles. The summed E-state index contributed by atoms with van der Waals surface area (Å²) in [5.41, 5.74) is 1.86. The van der Waals surface area contributed by atoms with Gasteiger partial charge in [0, 0.05) is 35.3 Å². The first-order chi connectivity index (χ1) is 10.1. The molecule has 0 saturated carbocycles. The van der Waals surface area contributed by atoms with Gasteiger partial charge in [-0.05, 0) is 24.6 Å².